The maximum absolute atomic E-state index is 12.7. The number of carbonyl (C=O) groups excluding carboxylic acids is 2. The second-order valence-electron chi connectivity index (χ2n) is 5.72. The van der Waals surface area contributed by atoms with Crippen LogP contribution in [-0.4, -0.2) is 44.0 Å². The number of benzene rings is 1. The second-order valence-corrected chi connectivity index (χ2v) is 5.72. The van der Waals surface area contributed by atoms with E-state index in [-0.39, 0.29) is 23.7 Å². The Balaban J connectivity index is 2.29. The Hall–Kier alpha value is -2.24. The van der Waals surface area contributed by atoms with Crippen molar-refractivity contribution >= 4 is 11.8 Å². The summed E-state index contributed by atoms with van der Waals surface area (Å²) in [5.74, 6) is 0.406. The molecule has 2 amide bonds. The molecule has 2 rings (SSSR count). The average Bonchev–Trinajstić information content (AvgIpc) is 2.88. The van der Waals surface area contributed by atoms with E-state index in [9.17, 15) is 9.59 Å². The van der Waals surface area contributed by atoms with Crippen LogP contribution in [0.4, 0.5) is 0 Å². The molecule has 6 nitrogen and oxygen atoms in total. The van der Waals surface area contributed by atoms with E-state index in [1.807, 2.05) is 13.8 Å². The molecule has 0 unspecified atom stereocenters. The fourth-order valence-corrected chi connectivity index (χ4v) is 2.88. The molecule has 1 aliphatic heterocycles. The van der Waals surface area contributed by atoms with Crippen LogP contribution in [-0.2, 0) is 4.79 Å². The van der Waals surface area contributed by atoms with Gasteiger partial charge in [0.15, 0.2) is 11.5 Å². The number of methoxy groups -OCH3 is 2. The smallest absolute Gasteiger partial charge is 0.254 e. The van der Waals surface area contributed by atoms with Crippen molar-refractivity contribution in [3.63, 3.8) is 0 Å². The first-order valence-electron chi connectivity index (χ1n) is 7.20. The van der Waals surface area contributed by atoms with Gasteiger partial charge in [-0.3, -0.25) is 9.59 Å². The van der Waals surface area contributed by atoms with Crippen molar-refractivity contribution in [2.24, 2.45) is 17.6 Å². The molecule has 120 valence electrons. The molecule has 2 N–H and O–H groups in total. The summed E-state index contributed by atoms with van der Waals surface area (Å²) in [6, 6.07) is 3.45. The van der Waals surface area contributed by atoms with Crippen LogP contribution < -0.4 is 15.2 Å². The van der Waals surface area contributed by atoms with Crippen LogP contribution in [0.1, 0.15) is 22.8 Å². The third-order valence-corrected chi connectivity index (χ3v) is 4.23. The van der Waals surface area contributed by atoms with Crippen molar-refractivity contribution in [3.8, 4) is 11.5 Å². The van der Waals surface area contributed by atoms with Gasteiger partial charge in [0.2, 0.25) is 5.91 Å². The minimum absolute atomic E-state index is 0.0712. The largest absolute Gasteiger partial charge is 0.493 e. The predicted molar refractivity (Wildman–Crippen MR) is 82.0 cm³/mol. The van der Waals surface area contributed by atoms with Gasteiger partial charge < -0.3 is 20.1 Å². The number of hydrogen-bond acceptors (Lipinski definition) is 4. The summed E-state index contributed by atoms with van der Waals surface area (Å²) in [4.78, 5) is 25.8. The molecule has 0 radical (unpaired) electrons. The number of rotatable bonds is 4. The van der Waals surface area contributed by atoms with Crippen molar-refractivity contribution in [1.82, 2.24) is 4.90 Å². The van der Waals surface area contributed by atoms with Crippen molar-refractivity contribution in [2.45, 2.75) is 13.8 Å². The molecule has 6 heteroatoms. The number of aryl methyl sites for hydroxylation is 1. The summed E-state index contributed by atoms with van der Waals surface area (Å²) < 4.78 is 10.5. The zero-order chi connectivity index (χ0) is 16.4. The molecular formula is C16H22N2O4. The first-order chi connectivity index (χ1) is 10.4. The van der Waals surface area contributed by atoms with E-state index in [4.69, 9.17) is 15.2 Å². The quantitative estimate of drug-likeness (QED) is 0.906. The molecule has 0 spiro atoms. The third kappa shape index (κ3) is 2.86. The van der Waals surface area contributed by atoms with Crippen LogP contribution in [0.2, 0.25) is 0 Å². The first kappa shape index (κ1) is 16.1. The van der Waals surface area contributed by atoms with Gasteiger partial charge in [-0.2, -0.15) is 0 Å². The van der Waals surface area contributed by atoms with Gasteiger partial charge in [-0.05, 0) is 30.5 Å². The molecule has 0 aromatic heterocycles. The summed E-state index contributed by atoms with van der Waals surface area (Å²) in [7, 11) is 3.08. The zero-order valence-electron chi connectivity index (χ0n) is 13.4. The van der Waals surface area contributed by atoms with Gasteiger partial charge >= 0.3 is 0 Å². The fourth-order valence-electron chi connectivity index (χ4n) is 2.88. The van der Waals surface area contributed by atoms with E-state index in [1.165, 1.54) is 7.11 Å². The van der Waals surface area contributed by atoms with Gasteiger partial charge in [-0.15, -0.1) is 0 Å². The number of likely N-dealkylation sites (tertiary alicyclic amines) is 1. The number of amides is 2. The van der Waals surface area contributed by atoms with Gasteiger partial charge in [-0.25, -0.2) is 0 Å². The average molecular weight is 306 g/mol. The van der Waals surface area contributed by atoms with Gasteiger partial charge in [0.05, 0.1) is 20.1 Å². The molecule has 1 saturated heterocycles. The summed E-state index contributed by atoms with van der Waals surface area (Å²) in [5.41, 5.74) is 6.74. The van der Waals surface area contributed by atoms with E-state index >= 15 is 0 Å². The Bertz CT molecular complexity index is 600. The molecular weight excluding hydrogens is 284 g/mol. The normalized spacial score (nSPS) is 20.8. The lowest BCUT2D eigenvalue weighted by atomic mass is 9.98. The highest BCUT2D eigenvalue weighted by atomic mass is 16.5. The van der Waals surface area contributed by atoms with Crippen molar-refractivity contribution in [3.05, 3.63) is 23.3 Å². The molecule has 0 saturated carbocycles. The Labute approximate surface area is 130 Å². The number of carbonyl (C=O) groups is 2. The molecule has 1 aromatic rings. The fraction of sp³-hybridized carbons (Fsp3) is 0.500. The topological polar surface area (TPSA) is 81.9 Å². The lowest BCUT2D eigenvalue weighted by Crippen LogP contribution is -2.32. The van der Waals surface area contributed by atoms with E-state index in [1.54, 1.807) is 24.1 Å². The van der Waals surface area contributed by atoms with Crippen molar-refractivity contribution in [2.75, 3.05) is 27.3 Å². The highest BCUT2D eigenvalue weighted by Crippen LogP contribution is 2.32. The number of hydrogen-bond donors (Lipinski definition) is 1. The van der Waals surface area contributed by atoms with E-state index in [2.05, 4.69) is 0 Å². The summed E-state index contributed by atoms with van der Waals surface area (Å²) >= 11 is 0. The Morgan fingerprint density at radius 3 is 2.27 bits per heavy atom. The summed E-state index contributed by atoms with van der Waals surface area (Å²) in [6.45, 7) is 4.67. The minimum Gasteiger partial charge on any atom is -0.493 e. The number of nitrogens with zero attached hydrogens (tertiary/aromatic N) is 1. The van der Waals surface area contributed by atoms with Gasteiger partial charge in [-0.1, -0.05) is 6.92 Å². The molecule has 0 aliphatic carbocycles. The molecule has 1 aromatic carbocycles. The molecule has 1 fully saturated rings. The number of nitrogens with two attached hydrogens (primary N) is 1. The van der Waals surface area contributed by atoms with Crippen LogP contribution in [0.5, 0.6) is 11.5 Å². The second kappa shape index (κ2) is 6.25. The number of primary amides is 1. The summed E-state index contributed by atoms with van der Waals surface area (Å²) in [6.07, 6.45) is 0. The van der Waals surface area contributed by atoms with Crippen molar-refractivity contribution < 1.29 is 19.1 Å². The molecule has 0 bridgehead atoms. The van der Waals surface area contributed by atoms with Crippen LogP contribution in [0, 0.1) is 18.8 Å². The van der Waals surface area contributed by atoms with Crippen molar-refractivity contribution in [1.29, 1.82) is 0 Å². The Morgan fingerprint density at radius 1 is 1.18 bits per heavy atom. The standard InChI is InChI=1S/C16H22N2O4/c1-9-5-13(21-3)14(22-4)6-11(9)16(20)18-7-10(2)12(8-18)15(17)19/h5-6,10,12H,7-8H2,1-4H3,(H2,17,19)/t10-,12-/m1/s1. The van der Waals surface area contributed by atoms with E-state index in [0.29, 0.717) is 30.2 Å². The lowest BCUT2D eigenvalue weighted by Gasteiger charge is -2.19. The van der Waals surface area contributed by atoms with Gasteiger partial charge in [0, 0.05) is 18.7 Å². The maximum Gasteiger partial charge on any atom is 0.254 e. The highest BCUT2D eigenvalue weighted by molar-refractivity contribution is 5.97. The van der Waals surface area contributed by atoms with E-state index in [0.717, 1.165) is 5.56 Å². The van der Waals surface area contributed by atoms with E-state index < -0.39 is 0 Å². The van der Waals surface area contributed by atoms with Gasteiger partial charge in [0.1, 0.15) is 0 Å². The molecule has 1 aliphatic rings. The van der Waals surface area contributed by atoms with Crippen LogP contribution >= 0.6 is 0 Å². The summed E-state index contributed by atoms with van der Waals surface area (Å²) in [5, 5.41) is 0. The third-order valence-electron chi connectivity index (χ3n) is 4.23. The highest BCUT2D eigenvalue weighted by Gasteiger charge is 2.36. The zero-order valence-corrected chi connectivity index (χ0v) is 13.4. The van der Waals surface area contributed by atoms with Crippen LogP contribution in [0.3, 0.4) is 0 Å². The Kier molecular flexibility index (Phi) is 4.59. The molecule has 22 heavy (non-hydrogen) atoms. The first-order valence-corrected chi connectivity index (χ1v) is 7.20. The van der Waals surface area contributed by atoms with Crippen LogP contribution in [0.15, 0.2) is 12.1 Å². The maximum atomic E-state index is 12.7. The predicted octanol–water partition coefficient (Wildman–Crippen LogP) is 1.21. The monoisotopic (exact) mass is 306 g/mol. The SMILES string of the molecule is COc1cc(C)c(C(=O)N2C[C@@H](C)[C@H](C(N)=O)C2)cc1OC. The minimum atomic E-state index is -0.355. The lowest BCUT2D eigenvalue weighted by molar-refractivity contribution is -0.122. The molecule has 1 heterocycles. The molecule has 2 atom stereocenters. The number of ether oxygens (including phenoxy) is 2. The Morgan fingerprint density at radius 2 is 1.77 bits per heavy atom. The van der Waals surface area contributed by atoms with Gasteiger partial charge in [0.25, 0.3) is 5.91 Å². The van der Waals surface area contributed by atoms with Crippen LogP contribution in [0.25, 0.3) is 0 Å².